The molecule has 55 heavy (non-hydrogen) atoms. The molecule has 9 rings (SSSR count). The predicted octanol–water partition coefficient (Wildman–Crippen LogP) is 7.20. The molecule has 4 aromatic carbocycles. The fraction of sp³-hybridized carbons (Fsp3) is 0.238. The predicted molar refractivity (Wildman–Crippen MR) is 212 cm³/mol. The van der Waals surface area contributed by atoms with Gasteiger partial charge in [0.1, 0.15) is 22.6 Å². The third-order valence-electron chi connectivity index (χ3n) is 9.07. The van der Waals surface area contributed by atoms with Crippen LogP contribution in [0.15, 0.2) is 97.1 Å². The molecule has 8 bridgehead atoms. The Balaban J connectivity index is 0.000000245. The summed E-state index contributed by atoms with van der Waals surface area (Å²) in [5, 5.41) is 3.82. The second kappa shape index (κ2) is 17.0. The molecule has 0 spiro atoms. The minimum absolute atomic E-state index is 0.595. The summed E-state index contributed by atoms with van der Waals surface area (Å²) in [6.45, 7) is 4.87. The van der Waals surface area contributed by atoms with E-state index >= 15 is 0 Å². The summed E-state index contributed by atoms with van der Waals surface area (Å²) in [5.74, 6) is 2.39. The van der Waals surface area contributed by atoms with Gasteiger partial charge in [0.15, 0.2) is 23.3 Å². The van der Waals surface area contributed by atoms with Gasteiger partial charge in [-0.2, -0.15) is 0 Å². The van der Waals surface area contributed by atoms with Crippen LogP contribution in [-0.4, -0.2) is 107 Å². The van der Waals surface area contributed by atoms with Crippen LogP contribution in [0.4, 0.5) is 0 Å². The molecule has 7 aromatic rings. The lowest BCUT2D eigenvalue weighted by atomic mass is 10.1. The number of rotatable bonds is 12. The molecule has 0 saturated heterocycles. The summed E-state index contributed by atoms with van der Waals surface area (Å²) in [4.78, 5) is 36.8. The van der Waals surface area contributed by atoms with Gasteiger partial charge in [0.25, 0.3) is 0 Å². The number of aromatic amines is 2. The van der Waals surface area contributed by atoms with E-state index in [4.69, 9.17) is 53.6 Å². The Morgan fingerprint density at radius 1 is 0.345 bits per heavy atom. The van der Waals surface area contributed by atoms with Gasteiger partial charge in [-0.25, -0.2) is 29.9 Å². The Morgan fingerprint density at radius 2 is 0.600 bits per heavy atom. The molecule has 2 aliphatic heterocycles. The van der Waals surface area contributed by atoms with Crippen molar-refractivity contribution in [3.8, 4) is 45.6 Å². The number of hydrogen-bond donors (Lipinski definition) is 2. The second-order valence-corrected chi connectivity index (χ2v) is 12.6. The summed E-state index contributed by atoms with van der Waals surface area (Å²) in [6.07, 6.45) is 0. The minimum atomic E-state index is 0.595. The first kappa shape index (κ1) is 36.0. The van der Waals surface area contributed by atoms with Crippen LogP contribution in [0, 0.1) is 0 Å². The van der Waals surface area contributed by atoms with Crippen molar-refractivity contribution < 1.29 is 23.7 Å². The Bertz CT molecular complexity index is 2270. The van der Waals surface area contributed by atoms with Crippen molar-refractivity contribution in [3.63, 3.8) is 0 Å². The van der Waals surface area contributed by atoms with E-state index in [1.54, 1.807) is 14.2 Å². The molecule has 13 heteroatoms. The zero-order chi connectivity index (χ0) is 37.4. The Kier molecular flexibility index (Phi) is 11.1. The van der Waals surface area contributed by atoms with E-state index in [1.807, 2.05) is 97.1 Å². The van der Waals surface area contributed by atoms with Crippen molar-refractivity contribution in [3.05, 3.63) is 97.1 Å². The van der Waals surface area contributed by atoms with Gasteiger partial charge in [0.2, 0.25) is 0 Å². The second-order valence-electron chi connectivity index (χ2n) is 12.6. The average Bonchev–Trinajstić information content (AvgIpc) is 3.96. The van der Waals surface area contributed by atoms with Crippen LogP contribution >= 0.6 is 0 Å². The van der Waals surface area contributed by atoms with E-state index in [0.29, 0.717) is 98.7 Å². The first-order valence-corrected chi connectivity index (χ1v) is 18.1. The fourth-order valence-electron chi connectivity index (χ4n) is 6.42. The lowest BCUT2D eigenvalue weighted by Crippen LogP contribution is -2.12. The molecule has 0 unspecified atom stereocenters. The van der Waals surface area contributed by atoms with Crippen molar-refractivity contribution in [1.29, 1.82) is 0 Å². The molecule has 0 atom stereocenters. The van der Waals surface area contributed by atoms with Crippen LogP contribution in [0.25, 0.3) is 89.7 Å². The molecular weight excluding hydrogens is 697 g/mol. The van der Waals surface area contributed by atoms with E-state index < -0.39 is 0 Å². The van der Waals surface area contributed by atoms with Gasteiger partial charge in [0, 0.05) is 58.0 Å². The standard InChI is InChI=1S/C32H18N8.C10H22O5/c1-2-10-18-17(9-1)25-33-26(18)38-28-21-13-5-6-14-22(21)30(35-28)40-32-24-16-8-7-15-23(24)31(36-32)39-29-20-12-4-3-11-19(20)27(34-29)37-25;1-11-3-5-13-7-9-15-10-8-14-6-4-12-2/h1-16H,(H2,33,34,35,36,37,38,39,40);3-10H2,1-2H3. The summed E-state index contributed by atoms with van der Waals surface area (Å²) in [7, 11) is 3.30. The van der Waals surface area contributed by atoms with E-state index in [-0.39, 0.29) is 0 Å². The Hall–Kier alpha value is -5.96. The maximum absolute atomic E-state index is 5.26. The zero-order valence-corrected chi connectivity index (χ0v) is 30.6. The summed E-state index contributed by atoms with van der Waals surface area (Å²) >= 11 is 0. The first-order chi connectivity index (χ1) is 27.2. The molecule has 2 aliphatic rings. The number of nitrogens with one attached hydrogen (secondary N) is 2. The maximum Gasteiger partial charge on any atom is 0.164 e. The molecule has 0 radical (unpaired) electrons. The topological polar surface area (TPSA) is 155 Å². The molecule has 13 nitrogen and oxygen atoms in total. The normalized spacial score (nSPS) is 11.7. The quantitative estimate of drug-likeness (QED) is 0.122. The largest absolute Gasteiger partial charge is 0.382 e. The number of H-pyrrole nitrogens is 2. The number of ether oxygens (including phenoxy) is 5. The average molecular weight is 737 g/mol. The Morgan fingerprint density at radius 3 is 0.873 bits per heavy atom. The van der Waals surface area contributed by atoms with Crippen LogP contribution in [-0.2, 0) is 23.7 Å². The van der Waals surface area contributed by atoms with Crippen LogP contribution in [0.2, 0.25) is 0 Å². The number of benzene rings is 4. The van der Waals surface area contributed by atoms with Crippen molar-refractivity contribution in [2.24, 2.45) is 0 Å². The van der Waals surface area contributed by atoms with Crippen molar-refractivity contribution >= 4 is 44.1 Å². The molecule has 5 heterocycles. The number of methoxy groups -OCH3 is 2. The van der Waals surface area contributed by atoms with Gasteiger partial charge in [-0.1, -0.05) is 97.1 Å². The van der Waals surface area contributed by atoms with Crippen molar-refractivity contribution in [2.75, 3.05) is 67.1 Å². The lowest BCUT2D eigenvalue weighted by molar-refractivity contribution is -0.00380. The zero-order valence-electron chi connectivity index (χ0n) is 30.6. The summed E-state index contributed by atoms with van der Waals surface area (Å²) in [5.41, 5.74) is 6.45. The van der Waals surface area contributed by atoms with E-state index in [9.17, 15) is 0 Å². The molecule has 2 N–H and O–H groups in total. The molecule has 278 valence electrons. The number of fused-ring (bicyclic) bond motifs is 20. The van der Waals surface area contributed by atoms with Crippen molar-refractivity contribution in [1.82, 2.24) is 39.9 Å². The van der Waals surface area contributed by atoms with Crippen LogP contribution in [0.5, 0.6) is 0 Å². The van der Waals surface area contributed by atoms with Crippen LogP contribution in [0.3, 0.4) is 0 Å². The smallest absolute Gasteiger partial charge is 0.164 e. The highest BCUT2D eigenvalue weighted by atomic mass is 16.6. The number of aromatic nitrogens is 8. The molecule has 0 amide bonds. The van der Waals surface area contributed by atoms with Crippen LogP contribution < -0.4 is 0 Å². The number of hydrogen-bond acceptors (Lipinski definition) is 11. The monoisotopic (exact) mass is 736 g/mol. The SMILES string of the molecule is COCCOCCOCCOCCOC.c1ccc2c(c1)-c1nc-2nc2[nH]c(nc3nc(nc4[nH]c(n1)c1ccccc41)-c1ccccc1-3)c1ccccc21. The molecule has 3 aromatic heterocycles. The van der Waals surface area contributed by atoms with Gasteiger partial charge in [-0.3, -0.25) is 0 Å². The van der Waals surface area contributed by atoms with Crippen molar-refractivity contribution in [2.45, 2.75) is 0 Å². The molecule has 0 saturated carbocycles. The van der Waals surface area contributed by atoms with Crippen LogP contribution in [0.1, 0.15) is 0 Å². The third-order valence-corrected chi connectivity index (χ3v) is 9.07. The van der Waals surface area contributed by atoms with E-state index in [0.717, 1.165) is 43.8 Å². The Labute approximate surface area is 316 Å². The van der Waals surface area contributed by atoms with Gasteiger partial charge in [0.05, 0.1) is 52.9 Å². The first-order valence-electron chi connectivity index (χ1n) is 18.1. The highest BCUT2D eigenvalue weighted by Gasteiger charge is 2.21. The molecule has 0 aliphatic carbocycles. The highest BCUT2D eigenvalue weighted by Crippen LogP contribution is 2.36. The fourth-order valence-corrected chi connectivity index (χ4v) is 6.42. The maximum atomic E-state index is 5.26. The van der Waals surface area contributed by atoms with Gasteiger partial charge in [-0.05, 0) is 0 Å². The summed E-state index contributed by atoms with van der Waals surface area (Å²) < 4.78 is 25.3. The number of nitrogens with zero attached hydrogens (tertiary/aromatic N) is 6. The van der Waals surface area contributed by atoms with E-state index in [2.05, 4.69) is 9.97 Å². The molecular formula is C42H40N8O5. The summed E-state index contributed by atoms with van der Waals surface area (Å²) in [6, 6.07) is 32.2. The third kappa shape index (κ3) is 7.83. The van der Waals surface area contributed by atoms with Gasteiger partial charge in [-0.15, -0.1) is 0 Å². The highest BCUT2D eigenvalue weighted by molar-refractivity contribution is 6.06. The van der Waals surface area contributed by atoms with Gasteiger partial charge < -0.3 is 33.7 Å². The molecule has 0 fully saturated rings. The minimum Gasteiger partial charge on any atom is -0.382 e. The lowest BCUT2D eigenvalue weighted by Gasteiger charge is -2.06. The van der Waals surface area contributed by atoms with E-state index in [1.165, 1.54) is 0 Å². The van der Waals surface area contributed by atoms with Gasteiger partial charge >= 0.3 is 0 Å².